The Morgan fingerprint density at radius 2 is 2.40 bits per heavy atom. The molecule has 2 aromatic heterocycles. The van der Waals surface area contributed by atoms with Crippen LogP contribution in [0.25, 0.3) is 11.2 Å². The number of H-pyrrole nitrogens is 1. The quantitative estimate of drug-likeness (QED) is 0.592. The fourth-order valence-corrected chi connectivity index (χ4v) is 1.76. The van der Waals surface area contributed by atoms with E-state index in [1.54, 1.807) is 12.5 Å². The van der Waals surface area contributed by atoms with Crippen LogP contribution in [0.3, 0.4) is 0 Å². The Bertz CT molecular complexity index is 484. The van der Waals surface area contributed by atoms with E-state index >= 15 is 0 Å². The second-order valence-electron chi connectivity index (χ2n) is 2.78. The SMILES string of the molecule is O=C(O)CCSc1ncc2[nH]cnc2n1. The van der Waals surface area contributed by atoms with Crippen LogP contribution in [0.15, 0.2) is 17.7 Å². The number of carbonyl (C=O) groups is 1. The van der Waals surface area contributed by atoms with Gasteiger partial charge in [0.15, 0.2) is 10.8 Å². The first-order chi connectivity index (χ1) is 7.25. The first kappa shape index (κ1) is 9.91. The number of nitrogens with one attached hydrogen (secondary N) is 1. The van der Waals surface area contributed by atoms with Crippen molar-refractivity contribution in [2.75, 3.05) is 5.75 Å². The Balaban J connectivity index is 2.04. The van der Waals surface area contributed by atoms with E-state index in [9.17, 15) is 4.79 Å². The summed E-state index contributed by atoms with van der Waals surface area (Å²) in [6, 6.07) is 0. The summed E-state index contributed by atoms with van der Waals surface area (Å²) < 4.78 is 0. The zero-order valence-electron chi connectivity index (χ0n) is 7.67. The summed E-state index contributed by atoms with van der Waals surface area (Å²) in [7, 11) is 0. The van der Waals surface area contributed by atoms with Crippen molar-refractivity contribution in [2.24, 2.45) is 0 Å². The van der Waals surface area contributed by atoms with Crippen LogP contribution in [0, 0.1) is 0 Å². The third-order valence-electron chi connectivity index (χ3n) is 1.70. The lowest BCUT2D eigenvalue weighted by atomic mass is 10.5. The number of aromatic nitrogens is 4. The van der Waals surface area contributed by atoms with Crippen LogP contribution >= 0.6 is 11.8 Å². The van der Waals surface area contributed by atoms with E-state index in [0.29, 0.717) is 16.6 Å². The third kappa shape index (κ3) is 2.44. The maximum atomic E-state index is 10.3. The topological polar surface area (TPSA) is 91.8 Å². The molecular formula is C8H8N4O2S. The smallest absolute Gasteiger partial charge is 0.304 e. The Hall–Kier alpha value is -1.63. The number of aliphatic carboxylic acids is 1. The molecule has 0 aliphatic carbocycles. The minimum Gasteiger partial charge on any atom is -0.481 e. The van der Waals surface area contributed by atoms with E-state index in [0.717, 1.165) is 5.52 Å². The molecule has 0 fully saturated rings. The number of hydrogen-bond donors (Lipinski definition) is 2. The number of carboxylic acid groups (broad SMARTS) is 1. The number of imidazole rings is 1. The summed E-state index contributed by atoms with van der Waals surface area (Å²) in [5.41, 5.74) is 1.38. The van der Waals surface area contributed by atoms with Crippen molar-refractivity contribution in [2.45, 2.75) is 11.6 Å². The number of nitrogens with zero attached hydrogens (tertiary/aromatic N) is 3. The molecule has 0 radical (unpaired) electrons. The summed E-state index contributed by atoms with van der Waals surface area (Å²) >= 11 is 1.31. The minimum atomic E-state index is -0.816. The van der Waals surface area contributed by atoms with E-state index in [1.807, 2.05) is 0 Å². The van der Waals surface area contributed by atoms with Gasteiger partial charge in [-0.2, -0.15) is 0 Å². The first-order valence-electron chi connectivity index (χ1n) is 4.26. The third-order valence-corrected chi connectivity index (χ3v) is 2.56. The average molecular weight is 224 g/mol. The van der Waals surface area contributed by atoms with Gasteiger partial charge in [-0.05, 0) is 0 Å². The average Bonchev–Trinajstić information content (AvgIpc) is 2.64. The maximum Gasteiger partial charge on any atom is 0.304 e. The first-order valence-corrected chi connectivity index (χ1v) is 5.25. The Labute approximate surface area is 89.2 Å². The highest BCUT2D eigenvalue weighted by molar-refractivity contribution is 7.99. The molecule has 0 atom stereocenters. The molecule has 0 spiro atoms. The van der Waals surface area contributed by atoms with Crippen molar-refractivity contribution in [1.82, 2.24) is 19.9 Å². The van der Waals surface area contributed by atoms with Crippen molar-refractivity contribution in [3.63, 3.8) is 0 Å². The van der Waals surface area contributed by atoms with Gasteiger partial charge in [-0.1, -0.05) is 11.8 Å². The van der Waals surface area contributed by atoms with E-state index < -0.39 is 5.97 Å². The van der Waals surface area contributed by atoms with Gasteiger partial charge in [-0.25, -0.2) is 15.0 Å². The largest absolute Gasteiger partial charge is 0.481 e. The van der Waals surface area contributed by atoms with Gasteiger partial charge in [-0.15, -0.1) is 0 Å². The van der Waals surface area contributed by atoms with Crippen LogP contribution in [0.1, 0.15) is 6.42 Å². The van der Waals surface area contributed by atoms with Gasteiger partial charge in [-0.3, -0.25) is 4.79 Å². The van der Waals surface area contributed by atoms with Gasteiger partial charge in [0.2, 0.25) is 0 Å². The van der Waals surface area contributed by atoms with Crippen molar-refractivity contribution in [3.8, 4) is 0 Å². The number of thioether (sulfide) groups is 1. The Morgan fingerprint density at radius 1 is 1.53 bits per heavy atom. The number of aromatic amines is 1. The van der Waals surface area contributed by atoms with Crippen molar-refractivity contribution in [3.05, 3.63) is 12.5 Å². The van der Waals surface area contributed by atoms with Crippen molar-refractivity contribution >= 4 is 28.9 Å². The predicted octanol–water partition coefficient (Wildman–Crippen LogP) is 0.920. The normalized spacial score (nSPS) is 10.7. The number of fused-ring (bicyclic) bond motifs is 1. The number of rotatable bonds is 4. The highest BCUT2D eigenvalue weighted by Gasteiger charge is 2.03. The molecule has 0 aliphatic heterocycles. The Morgan fingerprint density at radius 3 is 3.20 bits per heavy atom. The van der Waals surface area contributed by atoms with Crippen LogP contribution in [0.4, 0.5) is 0 Å². The van der Waals surface area contributed by atoms with Gasteiger partial charge in [0.05, 0.1) is 18.9 Å². The standard InChI is InChI=1S/C8H8N4O2S/c13-6(14)1-2-15-8-9-3-5-7(12-8)11-4-10-5/h3-4H,1-2H2,(H,13,14)(H,9,10,11,12). The fraction of sp³-hybridized carbons (Fsp3) is 0.250. The van der Waals surface area contributed by atoms with Crippen LogP contribution in [0.2, 0.25) is 0 Å². The van der Waals surface area contributed by atoms with Crippen LogP contribution in [0.5, 0.6) is 0 Å². The second kappa shape index (κ2) is 4.26. The van der Waals surface area contributed by atoms with E-state index in [4.69, 9.17) is 5.11 Å². The Kier molecular flexibility index (Phi) is 2.82. The van der Waals surface area contributed by atoms with Gasteiger partial charge in [0.25, 0.3) is 0 Å². The number of hydrogen-bond acceptors (Lipinski definition) is 5. The van der Waals surface area contributed by atoms with Gasteiger partial charge < -0.3 is 10.1 Å². The minimum absolute atomic E-state index is 0.104. The molecule has 0 saturated carbocycles. The van der Waals surface area contributed by atoms with Crippen molar-refractivity contribution < 1.29 is 9.90 Å². The molecule has 0 amide bonds. The van der Waals surface area contributed by atoms with E-state index in [1.165, 1.54) is 11.8 Å². The van der Waals surface area contributed by atoms with Crippen LogP contribution in [-0.4, -0.2) is 36.8 Å². The molecule has 0 aromatic carbocycles. The lowest BCUT2D eigenvalue weighted by Crippen LogP contribution is -1.97. The fourth-order valence-electron chi connectivity index (χ4n) is 1.02. The van der Waals surface area contributed by atoms with Gasteiger partial charge in [0, 0.05) is 5.75 Å². The molecule has 2 N–H and O–H groups in total. The molecular weight excluding hydrogens is 216 g/mol. The van der Waals surface area contributed by atoms with E-state index in [2.05, 4.69) is 19.9 Å². The summed E-state index contributed by atoms with van der Waals surface area (Å²) in [6.07, 6.45) is 3.29. The molecule has 7 heteroatoms. The molecule has 15 heavy (non-hydrogen) atoms. The molecule has 0 unspecified atom stereocenters. The van der Waals surface area contributed by atoms with Gasteiger partial charge >= 0.3 is 5.97 Å². The molecule has 2 rings (SSSR count). The molecule has 0 aliphatic rings. The molecule has 2 aromatic rings. The lowest BCUT2D eigenvalue weighted by molar-refractivity contribution is -0.136. The number of carboxylic acids is 1. The molecule has 2 heterocycles. The summed E-state index contributed by atoms with van der Waals surface area (Å²) in [6.45, 7) is 0. The van der Waals surface area contributed by atoms with E-state index in [-0.39, 0.29) is 6.42 Å². The van der Waals surface area contributed by atoms with Crippen LogP contribution < -0.4 is 0 Å². The molecule has 6 nitrogen and oxygen atoms in total. The van der Waals surface area contributed by atoms with Crippen LogP contribution in [-0.2, 0) is 4.79 Å². The second-order valence-corrected chi connectivity index (χ2v) is 3.85. The van der Waals surface area contributed by atoms with Gasteiger partial charge in [0.1, 0.15) is 5.52 Å². The zero-order valence-corrected chi connectivity index (χ0v) is 8.49. The molecule has 0 saturated heterocycles. The lowest BCUT2D eigenvalue weighted by Gasteiger charge is -1.96. The predicted molar refractivity (Wildman–Crippen MR) is 54.7 cm³/mol. The molecule has 78 valence electrons. The summed E-state index contributed by atoms with van der Waals surface area (Å²) in [5.74, 6) is -0.353. The highest BCUT2D eigenvalue weighted by atomic mass is 32.2. The highest BCUT2D eigenvalue weighted by Crippen LogP contribution is 2.15. The molecule has 0 bridgehead atoms. The monoisotopic (exact) mass is 224 g/mol. The summed E-state index contributed by atoms with van der Waals surface area (Å²) in [5, 5.41) is 9.01. The summed E-state index contributed by atoms with van der Waals surface area (Å²) in [4.78, 5) is 25.4. The zero-order chi connectivity index (χ0) is 10.7. The van der Waals surface area contributed by atoms with Crippen molar-refractivity contribution in [1.29, 1.82) is 0 Å². The maximum absolute atomic E-state index is 10.3.